The molecule has 1 atom stereocenters. The van der Waals surface area contributed by atoms with Gasteiger partial charge in [0.2, 0.25) is 0 Å². The number of carboxylic acids is 1. The van der Waals surface area contributed by atoms with E-state index in [0.717, 1.165) is 38.1 Å². The second-order valence-corrected chi connectivity index (χ2v) is 8.48. The molecule has 1 N–H and O–H groups in total. The quantitative estimate of drug-likeness (QED) is 0.829. The van der Waals surface area contributed by atoms with Crippen molar-refractivity contribution in [1.82, 2.24) is 4.90 Å². The fraction of sp³-hybridized carbons (Fsp3) is 0.609. The van der Waals surface area contributed by atoms with Crippen molar-refractivity contribution >= 4 is 11.5 Å². The van der Waals surface area contributed by atoms with Gasteiger partial charge in [0, 0.05) is 13.1 Å². The monoisotopic (exact) mass is 369 g/mol. The molecule has 4 rings (SSSR count). The van der Waals surface area contributed by atoms with Gasteiger partial charge in [0.05, 0.1) is 12.0 Å². The third kappa shape index (κ3) is 4.21. The van der Waals surface area contributed by atoms with Crippen LogP contribution in [0.1, 0.15) is 63.0 Å². The summed E-state index contributed by atoms with van der Waals surface area (Å²) in [6.07, 6.45) is 9.60. The Bertz CT molecular complexity index is 733. The predicted octanol–water partition coefficient (Wildman–Crippen LogP) is 4.52. The van der Waals surface area contributed by atoms with Gasteiger partial charge in [-0.1, -0.05) is 18.1 Å². The van der Waals surface area contributed by atoms with Crippen molar-refractivity contribution in [3.05, 3.63) is 34.9 Å². The topological polar surface area (TPSA) is 49.8 Å². The zero-order valence-corrected chi connectivity index (χ0v) is 16.4. The molecule has 1 aromatic rings. The fourth-order valence-corrected chi connectivity index (χ4v) is 4.90. The highest BCUT2D eigenvalue weighted by Gasteiger charge is 2.29. The minimum absolute atomic E-state index is 0.193. The lowest BCUT2D eigenvalue weighted by molar-refractivity contribution is -0.141. The van der Waals surface area contributed by atoms with Crippen LogP contribution < -0.4 is 4.74 Å². The molecule has 4 heteroatoms. The lowest BCUT2D eigenvalue weighted by Crippen LogP contribution is -2.26. The average molecular weight is 370 g/mol. The minimum Gasteiger partial charge on any atom is -0.490 e. The Morgan fingerprint density at radius 3 is 2.74 bits per heavy atom. The molecule has 2 aliphatic carbocycles. The van der Waals surface area contributed by atoms with Gasteiger partial charge in [-0.15, -0.1) is 0 Å². The Labute approximate surface area is 162 Å². The SMILES string of the molecule is CC1=C(CN2CC[C@@H](C(=O)O)C2)CCc2cc(OC3CCCCC3)ccc21. The molecule has 146 valence electrons. The van der Waals surface area contributed by atoms with Crippen LogP contribution in [0, 0.1) is 5.92 Å². The summed E-state index contributed by atoms with van der Waals surface area (Å²) in [5.41, 5.74) is 5.59. The van der Waals surface area contributed by atoms with Crippen LogP contribution in [0.15, 0.2) is 23.8 Å². The molecule has 0 bridgehead atoms. The van der Waals surface area contributed by atoms with Crippen LogP contribution in [0.5, 0.6) is 5.75 Å². The smallest absolute Gasteiger partial charge is 0.307 e. The predicted molar refractivity (Wildman–Crippen MR) is 107 cm³/mol. The number of benzene rings is 1. The number of rotatable bonds is 5. The number of aryl methyl sites for hydroxylation is 1. The van der Waals surface area contributed by atoms with Gasteiger partial charge in [0.1, 0.15) is 5.75 Å². The van der Waals surface area contributed by atoms with Crippen molar-refractivity contribution in [2.24, 2.45) is 5.92 Å². The first kappa shape index (κ1) is 18.5. The molecule has 1 saturated carbocycles. The van der Waals surface area contributed by atoms with E-state index >= 15 is 0 Å². The highest BCUT2D eigenvalue weighted by atomic mass is 16.5. The molecule has 3 aliphatic rings. The number of fused-ring (bicyclic) bond motifs is 1. The molecule has 1 heterocycles. The number of carboxylic acid groups (broad SMARTS) is 1. The van der Waals surface area contributed by atoms with Crippen LogP contribution in [0.4, 0.5) is 0 Å². The van der Waals surface area contributed by atoms with Gasteiger partial charge in [0.25, 0.3) is 0 Å². The summed E-state index contributed by atoms with van der Waals surface area (Å²) in [7, 11) is 0. The van der Waals surface area contributed by atoms with Crippen LogP contribution in [0.3, 0.4) is 0 Å². The third-order valence-corrected chi connectivity index (χ3v) is 6.60. The van der Waals surface area contributed by atoms with Gasteiger partial charge in [0.15, 0.2) is 0 Å². The van der Waals surface area contributed by atoms with E-state index in [1.165, 1.54) is 54.4 Å². The third-order valence-electron chi connectivity index (χ3n) is 6.60. The Kier molecular flexibility index (Phi) is 5.53. The average Bonchev–Trinajstić information content (AvgIpc) is 3.14. The molecule has 0 unspecified atom stereocenters. The molecule has 0 aromatic heterocycles. The molecule has 4 nitrogen and oxygen atoms in total. The molecule has 1 aromatic carbocycles. The van der Waals surface area contributed by atoms with E-state index in [1.807, 2.05) is 0 Å². The maximum absolute atomic E-state index is 11.2. The minimum atomic E-state index is -0.650. The number of carbonyl (C=O) groups is 1. The summed E-state index contributed by atoms with van der Waals surface area (Å²) in [5, 5.41) is 9.21. The highest BCUT2D eigenvalue weighted by Crippen LogP contribution is 2.35. The number of ether oxygens (including phenoxy) is 1. The van der Waals surface area contributed by atoms with Crippen molar-refractivity contribution in [2.45, 2.75) is 64.4 Å². The molecule has 1 aliphatic heterocycles. The van der Waals surface area contributed by atoms with Crippen molar-refractivity contribution < 1.29 is 14.6 Å². The van der Waals surface area contributed by atoms with E-state index in [4.69, 9.17) is 4.74 Å². The summed E-state index contributed by atoms with van der Waals surface area (Å²) in [6.45, 7) is 4.72. The van der Waals surface area contributed by atoms with Gasteiger partial charge in [-0.25, -0.2) is 0 Å². The number of likely N-dealkylation sites (tertiary alicyclic amines) is 1. The van der Waals surface area contributed by atoms with E-state index in [9.17, 15) is 9.90 Å². The Balaban J connectivity index is 1.43. The molecular formula is C23H31NO3. The zero-order valence-electron chi connectivity index (χ0n) is 16.4. The van der Waals surface area contributed by atoms with E-state index in [1.54, 1.807) is 0 Å². The summed E-state index contributed by atoms with van der Waals surface area (Å²) in [6, 6.07) is 6.61. The van der Waals surface area contributed by atoms with Crippen LogP contribution in [-0.4, -0.2) is 41.7 Å². The van der Waals surface area contributed by atoms with Crippen molar-refractivity contribution in [1.29, 1.82) is 0 Å². The number of nitrogens with zero attached hydrogens (tertiary/aromatic N) is 1. The Morgan fingerprint density at radius 2 is 2.00 bits per heavy atom. The van der Waals surface area contributed by atoms with Crippen LogP contribution in [-0.2, 0) is 11.2 Å². The first-order chi connectivity index (χ1) is 13.1. The molecule has 27 heavy (non-hydrogen) atoms. The van der Waals surface area contributed by atoms with E-state index in [0.29, 0.717) is 12.6 Å². The standard InChI is InChI=1S/C23H31NO3/c1-16-18(14-24-12-11-19(15-24)23(25)26)8-7-17-13-21(9-10-22(16)17)27-20-5-3-2-4-6-20/h9-10,13,19-20H,2-8,11-12,14-15H2,1H3,(H,25,26)/t19-/m1/s1. The largest absolute Gasteiger partial charge is 0.490 e. The molecule has 0 amide bonds. The first-order valence-electron chi connectivity index (χ1n) is 10.5. The second kappa shape index (κ2) is 8.05. The summed E-state index contributed by atoms with van der Waals surface area (Å²) in [4.78, 5) is 13.5. The molecule has 0 radical (unpaired) electrons. The van der Waals surface area contributed by atoms with Gasteiger partial charge in [-0.05, 0) is 87.2 Å². The first-order valence-corrected chi connectivity index (χ1v) is 10.5. The number of allylic oxidation sites excluding steroid dienone is 1. The summed E-state index contributed by atoms with van der Waals surface area (Å²) < 4.78 is 6.25. The van der Waals surface area contributed by atoms with Crippen molar-refractivity contribution in [2.75, 3.05) is 19.6 Å². The molecule has 0 spiro atoms. The number of hydrogen-bond donors (Lipinski definition) is 1. The lowest BCUT2D eigenvalue weighted by Gasteiger charge is -2.27. The fourth-order valence-electron chi connectivity index (χ4n) is 4.90. The van der Waals surface area contributed by atoms with Gasteiger partial charge in [-0.3, -0.25) is 9.69 Å². The zero-order chi connectivity index (χ0) is 18.8. The highest BCUT2D eigenvalue weighted by molar-refractivity contribution is 5.73. The molecular weight excluding hydrogens is 338 g/mol. The van der Waals surface area contributed by atoms with Crippen LogP contribution >= 0.6 is 0 Å². The normalized spacial score (nSPS) is 24.1. The summed E-state index contributed by atoms with van der Waals surface area (Å²) >= 11 is 0. The number of aliphatic carboxylic acids is 1. The van der Waals surface area contributed by atoms with E-state index < -0.39 is 5.97 Å². The lowest BCUT2D eigenvalue weighted by atomic mass is 9.86. The van der Waals surface area contributed by atoms with Crippen molar-refractivity contribution in [3.63, 3.8) is 0 Å². The summed E-state index contributed by atoms with van der Waals surface area (Å²) in [5.74, 6) is 0.185. The second-order valence-electron chi connectivity index (χ2n) is 8.48. The van der Waals surface area contributed by atoms with E-state index in [-0.39, 0.29) is 5.92 Å². The van der Waals surface area contributed by atoms with Gasteiger partial charge in [-0.2, -0.15) is 0 Å². The molecule has 2 fully saturated rings. The maximum Gasteiger partial charge on any atom is 0.307 e. The van der Waals surface area contributed by atoms with Crippen LogP contribution in [0.2, 0.25) is 0 Å². The number of hydrogen-bond acceptors (Lipinski definition) is 3. The Morgan fingerprint density at radius 1 is 1.19 bits per heavy atom. The maximum atomic E-state index is 11.2. The van der Waals surface area contributed by atoms with Gasteiger partial charge >= 0.3 is 5.97 Å². The Hall–Kier alpha value is -1.81. The molecule has 1 saturated heterocycles. The van der Waals surface area contributed by atoms with Gasteiger partial charge < -0.3 is 9.84 Å². The van der Waals surface area contributed by atoms with E-state index in [2.05, 4.69) is 30.0 Å². The van der Waals surface area contributed by atoms with Crippen LogP contribution in [0.25, 0.3) is 5.57 Å². The van der Waals surface area contributed by atoms with Crippen molar-refractivity contribution in [3.8, 4) is 5.75 Å².